The first-order valence-electron chi connectivity index (χ1n) is 7.40. The molecule has 0 aromatic heterocycles. The summed E-state index contributed by atoms with van der Waals surface area (Å²) in [6.07, 6.45) is 3.68. The van der Waals surface area contributed by atoms with Crippen LogP contribution in [0.25, 0.3) is 28.3 Å². The zero-order valence-corrected chi connectivity index (χ0v) is 13.6. The number of fused-ring (bicyclic) bond motifs is 3. The van der Waals surface area contributed by atoms with E-state index in [1.807, 2.05) is 56.3 Å². The van der Waals surface area contributed by atoms with Gasteiger partial charge in [-0.1, -0.05) is 30.8 Å². The van der Waals surface area contributed by atoms with Crippen LogP contribution >= 0.6 is 0 Å². The van der Waals surface area contributed by atoms with Gasteiger partial charge in [-0.3, -0.25) is 0 Å². The van der Waals surface area contributed by atoms with Gasteiger partial charge in [0.1, 0.15) is 5.69 Å². The average Bonchev–Trinajstić information content (AvgIpc) is 2.53. The van der Waals surface area contributed by atoms with Crippen LogP contribution < -0.4 is 5.36 Å². The van der Waals surface area contributed by atoms with E-state index >= 15 is 0 Å². The Bertz CT molecular complexity index is 951. The molecule has 1 N–H and O–H groups in total. The molecule has 1 aliphatic heterocycles. The maximum Gasteiger partial charge on any atom is 0.155 e. The SMILES string of the molecule is C=C/C(=C\c1oc2cc(=N)c3ccccc3c-2nc1C)N(C)C. The van der Waals surface area contributed by atoms with Gasteiger partial charge in [-0.05, 0) is 13.0 Å². The molecule has 1 heterocycles. The van der Waals surface area contributed by atoms with E-state index in [-0.39, 0.29) is 0 Å². The van der Waals surface area contributed by atoms with E-state index in [1.165, 1.54) is 0 Å². The van der Waals surface area contributed by atoms with Crippen molar-refractivity contribution in [3.8, 4) is 11.5 Å². The number of nitrogens with one attached hydrogen (secondary N) is 1. The van der Waals surface area contributed by atoms with Crippen molar-refractivity contribution in [3.63, 3.8) is 0 Å². The fraction of sp³-hybridized carbons (Fsp3) is 0.158. The Morgan fingerprint density at radius 1 is 1.26 bits per heavy atom. The second-order valence-electron chi connectivity index (χ2n) is 5.65. The van der Waals surface area contributed by atoms with Crippen molar-refractivity contribution in [2.24, 2.45) is 0 Å². The highest BCUT2D eigenvalue weighted by atomic mass is 16.3. The number of aromatic nitrogens is 1. The van der Waals surface area contributed by atoms with Crippen LogP contribution in [0.5, 0.6) is 0 Å². The molecule has 1 aromatic carbocycles. The number of likely N-dealkylation sites (N-methyl/N-ethyl adjacent to an activating group) is 1. The van der Waals surface area contributed by atoms with Gasteiger partial charge >= 0.3 is 0 Å². The fourth-order valence-electron chi connectivity index (χ4n) is 2.58. The third kappa shape index (κ3) is 2.63. The monoisotopic (exact) mass is 305 g/mol. The van der Waals surface area contributed by atoms with Crippen molar-refractivity contribution in [1.82, 2.24) is 9.88 Å². The largest absolute Gasteiger partial charge is 0.453 e. The average molecular weight is 305 g/mol. The Kier molecular flexibility index (Phi) is 3.74. The van der Waals surface area contributed by atoms with Crippen molar-refractivity contribution < 1.29 is 4.42 Å². The molecular formula is C19H19N3O. The molecule has 0 atom stereocenters. The Labute approximate surface area is 135 Å². The minimum atomic E-state index is 0.439. The van der Waals surface area contributed by atoms with Crippen LogP contribution in [0.3, 0.4) is 0 Å². The molecule has 3 rings (SSSR count). The highest BCUT2D eigenvalue weighted by Crippen LogP contribution is 2.29. The quantitative estimate of drug-likeness (QED) is 0.591. The standard InChI is InChI=1S/C19H19N3O/c1-5-13(22(3)4)10-17-12(2)21-19-15-9-7-6-8-14(15)16(20)11-18(19)23-17/h5-11,20H,1H2,2-4H3/b13-10+,20-16?. The lowest BCUT2D eigenvalue weighted by atomic mass is 10.0. The minimum Gasteiger partial charge on any atom is -0.453 e. The van der Waals surface area contributed by atoms with Gasteiger partial charge in [0.05, 0.1) is 11.1 Å². The van der Waals surface area contributed by atoms with Crippen LogP contribution in [0.1, 0.15) is 11.5 Å². The molecule has 0 saturated heterocycles. The van der Waals surface area contributed by atoms with E-state index in [0.29, 0.717) is 16.9 Å². The summed E-state index contributed by atoms with van der Waals surface area (Å²) in [6.45, 7) is 5.75. The first-order chi connectivity index (χ1) is 11.0. The molecule has 0 saturated carbocycles. The second kappa shape index (κ2) is 5.72. The summed E-state index contributed by atoms with van der Waals surface area (Å²) in [6, 6.07) is 9.52. The van der Waals surface area contributed by atoms with Gasteiger partial charge < -0.3 is 14.7 Å². The van der Waals surface area contributed by atoms with E-state index in [4.69, 9.17) is 14.8 Å². The summed E-state index contributed by atoms with van der Waals surface area (Å²) in [7, 11) is 3.90. The number of nitrogens with zero attached hydrogens (tertiary/aromatic N) is 2. The summed E-state index contributed by atoms with van der Waals surface area (Å²) in [5.74, 6) is 1.29. The van der Waals surface area contributed by atoms with E-state index < -0.39 is 0 Å². The van der Waals surface area contributed by atoms with Crippen molar-refractivity contribution in [3.05, 3.63) is 65.5 Å². The van der Waals surface area contributed by atoms with Crippen LogP contribution in [0, 0.1) is 12.3 Å². The van der Waals surface area contributed by atoms with Gasteiger partial charge in [0.2, 0.25) is 0 Å². The first kappa shape index (κ1) is 15.0. The molecule has 0 fully saturated rings. The van der Waals surface area contributed by atoms with Gasteiger partial charge in [0, 0.05) is 42.7 Å². The molecule has 0 radical (unpaired) electrons. The number of hydrogen-bond acceptors (Lipinski definition) is 4. The topological polar surface area (TPSA) is 53.1 Å². The van der Waals surface area contributed by atoms with Crippen molar-refractivity contribution in [2.45, 2.75) is 6.92 Å². The van der Waals surface area contributed by atoms with Gasteiger partial charge in [0.25, 0.3) is 0 Å². The lowest BCUT2D eigenvalue weighted by molar-refractivity contribution is 0.519. The van der Waals surface area contributed by atoms with Crippen molar-refractivity contribution in [1.29, 1.82) is 5.41 Å². The number of aryl methyl sites for hydroxylation is 1. The Balaban J connectivity index is 2.31. The van der Waals surface area contributed by atoms with Gasteiger partial charge in [-0.25, -0.2) is 4.98 Å². The normalized spacial score (nSPS) is 11.9. The zero-order valence-electron chi connectivity index (χ0n) is 13.6. The van der Waals surface area contributed by atoms with Crippen LogP contribution in [-0.4, -0.2) is 24.0 Å². The van der Waals surface area contributed by atoms with Crippen LogP contribution in [0.2, 0.25) is 0 Å². The first-order valence-corrected chi connectivity index (χ1v) is 7.40. The molecule has 0 amide bonds. The molecule has 23 heavy (non-hydrogen) atoms. The lowest BCUT2D eigenvalue weighted by Gasteiger charge is -2.15. The molecular weight excluding hydrogens is 286 g/mol. The number of hydrogen-bond donors (Lipinski definition) is 1. The van der Waals surface area contributed by atoms with Gasteiger partial charge in [-0.2, -0.15) is 0 Å². The maximum atomic E-state index is 8.19. The summed E-state index contributed by atoms with van der Waals surface area (Å²) in [5.41, 5.74) is 2.53. The molecule has 0 bridgehead atoms. The van der Waals surface area contributed by atoms with Crippen LogP contribution in [0.15, 0.2) is 53.1 Å². The Hall–Kier alpha value is -2.88. The fourth-order valence-corrected chi connectivity index (χ4v) is 2.58. The summed E-state index contributed by atoms with van der Waals surface area (Å²) in [4.78, 5) is 6.68. The summed E-state index contributed by atoms with van der Waals surface area (Å²) in [5, 5.41) is 10.4. The summed E-state index contributed by atoms with van der Waals surface area (Å²) < 4.78 is 6.03. The highest BCUT2D eigenvalue weighted by molar-refractivity contribution is 5.94. The predicted molar refractivity (Wildman–Crippen MR) is 93.1 cm³/mol. The summed E-state index contributed by atoms with van der Waals surface area (Å²) >= 11 is 0. The molecule has 0 unspecified atom stereocenters. The maximum absolute atomic E-state index is 8.19. The molecule has 2 aliphatic rings. The predicted octanol–water partition coefficient (Wildman–Crippen LogP) is 3.81. The third-order valence-electron chi connectivity index (χ3n) is 3.84. The van der Waals surface area contributed by atoms with Crippen LogP contribution in [0.4, 0.5) is 0 Å². The van der Waals surface area contributed by atoms with Crippen molar-refractivity contribution in [2.75, 3.05) is 14.1 Å². The third-order valence-corrected chi connectivity index (χ3v) is 3.84. The molecule has 1 aromatic rings. The number of allylic oxidation sites excluding steroid dienone is 1. The van der Waals surface area contributed by atoms with Gasteiger partial charge in [0.15, 0.2) is 11.5 Å². The van der Waals surface area contributed by atoms with E-state index in [2.05, 4.69) is 6.58 Å². The molecule has 4 heteroatoms. The van der Waals surface area contributed by atoms with Gasteiger partial charge in [-0.15, -0.1) is 0 Å². The van der Waals surface area contributed by atoms with E-state index in [1.54, 1.807) is 12.1 Å². The highest BCUT2D eigenvalue weighted by Gasteiger charge is 2.15. The minimum absolute atomic E-state index is 0.439. The lowest BCUT2D eigenvalue weighted by Crippen LogP contribution is -2.09. The Morgan fingerprint density at radius 3 is 2.61 bits per heavy atom. The molecule has 1 aliphatic carbocycles. The molecule has 4 nitrogen and oxygen atoms in total. The molecule has 0 spiro atoms. The smallest absolute Gasteiger partial charge is 0.155 e. The number of rotatable bonds is 3. The molecule has 116 valence electrons. The van der Waals surface area contributed by atoms with Crippen molar-refractivity contribution >= 4 is 16.8 Å². The Morgan fingerprint density at radius 2 is 1.96 bits per heavy atom. The van der Waals surface area contributed by atoms with E-state index in [9.17, 15) is 0 Å². The second-order valence-corrected chi connectivity index (χ2v) is 5.65. The van der Waals surface area contributed by atoms with Crippen LogP contribution in [-0.2, 0) is 0 Å². The number of benzene rings is 2. The zero-order chi connectivity index (χ0) is 16.6. The van der Waals surface area contributed by atoms with E-state index in [0.717, 1.165) is 27.9 Å².